The standard InChI is InChI=1S/C4H5ClO4.C4H4O4/c5-2(4(8)9)1-3(6)7;5-3(6)1-2-4(7)8/h2H,1H2,(H,6,7)(H,8,9);1-2H,(H,5,6)(H,7,8)/b;2-1-. The summed E-state index contributed by atoms with van der Waals surface area (Å²) in [7, 11) is 0. The molecule has 0 aromatic rings. The third-order valence-corrected chi connectivity index (χ3v) is 1.33. The Balaban J connectivity index is 0. The van der Waals surface area contributed by atoms with Gasteiger partial charge in [0.25, 0.3) is 0 Å². The van der Waals surface area contributed by atoms with Gasteiger partial charge in [-0.3, -0.25) is 9.59 Å². The third-order valence-electron chi connectivity index (χ3n) is 0.990. The quantitative estimate of drug-likeness (QED) is 0.398. The lowest BCUT2D eigenvalue weighted by Crippen LogP contribution is -2.17. The van der Waals surface area contributed by atoms with Crippen LogP contribution in [0.2, 0.25) is 0 Å². The number of carboxylic acids is 4. The first-order valence-corrected chi connectivity index (χ1v) is 4.33. The molecule has 0 radical (unpaired) electrons. The Bertz CT molecular complexity index is 318. The molecule has 17 heavy (non-hydrogen) atoms. The molecule has 0 saturated carbocycles. The van der Waals surface area contributed by atoms with E-state index >= 15 is 0 Å². The largest absolute Gasteiger partial charge is 0.481 e. The number of alkyl halides is 1. The molecule has 0 heterocycles. The monoisotopic (exact) mass is 268 g/mol. The van der Waals surface area contributed by atoms with Crippen LogP contribution < -0.4 is 0 Å². The second-order valence-corrected chi connectivity index (χ2v) is 2.94. The molecular weight excluding hydrogens is 260 g/mol. The van der Waals surface area contributed by atoms with Crippen LogP contribution in [-0.4, -0.2) is 49.7 Å². The van der Waals surface area contributed by atoms with Crippen LogP contribution in [0.25, 0.3) is 0 Å². The van der Waals surface area contributed by atoms with Crippen LogP contribution in [0.3, 0.4) is 0 Å². The molecule has 0 bridgehead atoms. The number of rotatable bonds is 5. The number of aliphatic carboxylic acids is 4. The first-order chi connectivity index (χ1) is 7.66. The van der Waals surface area contributed by atoms with Gasteiger partial charge in [-0.2, -0.15) is 0 Å². The molecule has 96 valence electrons. The summed E-state index contributed by atoms with van der Waals surface area (Å²) in [6, 6.07) is 0. The minimum Gasteiger partial charge on any atom is -0.481 e. The molecule has 4 N–H and O–H groups in total. The molecule has 0 aromatic heterocycles. The molecule has 0 aliphatic carbocycles. The summed E-state index contributed by atoms with van der Waals surface area (Å²) in [5.41, 5.74) is 0. The molecule has 0 aliphatic heterocycles. The van der Waals surface area contributed by atoms with Crippen molar-refractivity contribution in [1.29, 1.82) is 0 Å². The number of hydrogen-bond donors (Lipinski definition) is 4. The fourth-order valence-electron chi connectivity index (χ4n) is 0.383. The van der Waals surface area contributed by atoms with Crippen LogP contribution in [0.1, 0.15) is 6.42 Å². The average molecular weight is 269 g/mol. The van der Waals surface area contributed by atoms with E-state index in [0.717, 1.165) is 0 Å². The second kappa shape index (κ2) is 9.16. The molecule has 0 saturated heterocycles. The Morgan fingerprint density at radius 3 is 1.41 bits per heavy atom. The van der Waals surface area contributed by atoms with Gasteiger partial charge in [-0.15, -0.1) is 11.6 Å². The highest BCUT2D eigenvalue weighted by molar-refractivity contribution is 6.30. The third kappa shape index (κ3) is 16.6. The summed E-state index contributed by atoms with van der Waals surface area (Å²) in [4.78, 5) is 38.7. The first-order valence-electron chi connectivity index (χ1n) is 3.89. The van der Waals surface area contributed by atoms with Crippen molar-refractivity contribution in [3.63, 3.8) is 0 Å². The Morgan fingerprint density at radius 1 is 0.941 bits per heavy atom. The van der Waals surface area contributed by atoms with Crippen molar-refractivity contribution < 1.29 is 39.6 Å². The van der Waals surface area contributed by atoms with Crippen molar-refractivity contribution in [2.24, 2.45) is 0 Å². The number of halogens is 1. The van der Waals surface area contributed by atoms with E-state index in [1.54, 1.807) is 0 Å². The van der Waals surface area contributed by atoms with Crippen LogP contribution in [0.4, 0.5) is 0 Å². The highest BCUT2D eigenvalue weighted by Gasteiger charge is 2.16. The van der Waals surface area contributed by atoms with Crippen LogP contribution in [-0.2, 0) is 19.2 Å². The van der Waals surface area contributed by atoms with Crippen LogP contribution in [0.5, 0.6) is 0 Å². The molecule has 0 rings (SSSR count). The van der Waals surface area contributed by atoms with Gasteiger partial charge in [0.1, 0.15) is 5.38 Å². The zero-order chi connectivity index (χ0) is 14.0. The number of carbonyl (C=O) groups is 4. The Hall–Kier alpha value is -2.09. The van der Waals surface area contributed by atoms with E-state index in [0.29, 0.717) is 12.2 Å². The molecule has 0 fully saturated rings. The summed E-state index contributed by atoms with van der Waals surface area (Å²) < 4.78 is 0. The maximum absolute atomic E-state index is 9.84. The minimum absolute atomic E-state index is 0.545. The van der Waals surface area contributed by atoms with E-state index in [4.69, 9.17) is 32.0 Å². The van der Waals surface area contributed by atoms with Gasteiger partial charge in [0, 0.05) is 12.2 Å². The fourth-order valence-corrected chi connectivity index (χ4v) is 0.515. The van der Waals surface area contributed by atoms with E-state index in [-0.39, 0.29) is 0 Å². The van der Waals surface area contributed by atoms with Crippen molar-refractivity contribution in [3.05, 3.63) is 12.2 Å². The molecule has 0 amide bonds. The SMILES string of the molecule is O=C(O)/C=C\C(=O)O.O=C(O)CC(Cl)C(=O)O. The van der Waals surface area contributed by atoms with Crippen LogP contribution in [0, 0.1) is 0 Å². The summed E-state index contributed by atoms with van der Waals surface area (Å²) in [5.74, 6) is -5.03. The topological polar surface area (TPSA) is 149 Å². The van der Waals surface area contributed by atoms with Crippen molar-refractivity contribution in [3.8, 4) is 0 Å². The number of hydrogen-bond acceptors (Lipinski definition) is 4. The molecule has 0 spiro atoms. The zero-order valence-electron chi connectivity index (χ0n) is 8.24. The maximum atomic E-state index is 9.84. The second-order valence-electron chi connectivity index (χ2n) is 2.41. The van der Waals surface area contributed by atoms with Crippen LogP contribution >= 0.6 is 11.6 Å². The van der Waals surface area contributed by atoms with Crippen molar-refractivity contribution in [2.45, 2.75) is 11.8 Å². The number of carboxylic acid groups (broad SMARTS) is 4. The van der Waals surface area contributed by atoms with Gasteiger partial charge in [-0.05, 0) is 0 Å². The molecule has 0 aliphatic rings. The van der Waals surface area contributed by atoms with E-state index in [9.17, 15) is 19.2 Å². The Labute approximate surface area is 99.7 Å². The summed E-state index contributed by atoms with van der Waals surface area (Å²) >= 11 is 5.03. The summed E-state index contributed by atoms with van der Waals surface area (Å²) in [5, 5.41) is 30.3. The Morgan fingerprint density at radius 2 is 1.29 bits per heavy atom. The average Bonchev–Trinajstić information content (AvgIpc) is 2.14. The normalized spacial score (nSPS) is 11.1. The molecular formula is C8H9ClO8. The highest BCUT2D eigenvalue weighted by Crippen LogP contribution is 2.00. The Kier molecular flexibility index (Phi) is 9.33. The summed E-state index contributed by atoms with van der Waals surface area (Å²) in [6.07, 6.45) is 0.571. The minimum atomic E-state index is -1.32. The lowest BCUT2D eigenvalue weighted by Gasteiger charge is -1.96. The van der Waals surface area contributed by atoms with Gasteiger partial charge >= 0.3 is 23.9 Å². The highest BCUT2D eigenvalue weighted by atomic mass is 35.5. The maximum Gasteiger partial charge on any atom is 0.328 e. The van der Waals surface area contributed by atoms with E-state index in [1.165, 1.54) is 0 Å². The first kappa shape index (κ1) is 17.3. The van der Waals surface area contributed by atoms with Gasteiger partial charge in [0.05, 0.1) is 6.42 Å². The van der Waals surface area contributed by atoms with Gasteiger partial charge in [-0.25, -0.2) is 9.59 Å². The van der Waals surface area contributed by atoms with E-state index in [2.05, 4.69) is 0 Å². The van der Waals surface area contributed by atoms with Gasteiger partial charge in [0.15, 0.2) is 0 Å². The van der Waals surface area contributed by atoms with Crippen molar-refractivity contribution >= 4 is 35.5 Å². The van der Waals surface area contributed by atoms with Gasteiger partial charge in [-0.1, -0.05) is 0 Å². The smallest absolute Gasteiger partial charge is 0.328 e. The molecule has 1 atom stereocenters. The van der Waals surface area contributed by atoms with Crippen molar-refractivity contribution in [1.82, 2.24) is 0 Å². The van der Waals surface area contributed by atoms with Gasteiger partial charge < -0.3 is 20.4 Å². The van der Waals surface area contributed by atoms with E-state index < -0.39 is 35.7 Å². The molecule has 0 aromatic carbocycles. The van der Waals surface area contributed by atoms with Gasteiger partial charge in [0.2, 0.25) is 0 Å². The molecule has 8 nitrogen and oxygen atoms in total. The van der Waals surface area contributed by atoms with E-state index in [1.807, 2.05) is 0 Å². The summed E-state index contributed by atoms with van der Waals surface area (Å²) in [6.45, 7) is 0. The molecule has 1 unspecified atom stereocenters. The predicted octanol–water partition coefficient (Wildman–Crippen LogP) is -0.135. The van der Waals surface area contributed by atoms with Crippen LogP contribution in [0.15, 0.2) is 12.2 Å². The lowest BCUT2D eigenvalue weighted by molar-refractivity contribution is -0.143. The predicted molar refractivity (Wildman–Crippen MR) is 53.9 cm³/mol. The van der Waals surface area contributed by atoms with Crippen molar-refractivity contribution in [2.75, 3.05) is 0 Å². The lowest BCUT2D eigenvalue weighted by atomic mass is 10.3. The fraction of sp³-hybridized carbons (Fsp3) is 0.250. The zero-order valence-corrected chi connectivity index (χ0v) is 8.99. The molecule has 9 heteroatoms.